The Morgan fingerprint density at radius 2 is 1.90 bits per heavy atom. The molecule has 30 heavy (non-hydrogen) atoms. The van der Waals surface area contributed by atoms with Crippen LogP contribution in [0, 0.1) is 0 Å². The van der Waals surface area contributed by atoms with E-state index in [0.717, 1.165) is 46.1 Å². The SMILES string of the molecule is C=C/C(=C\C=C(/N)OCCCN(C)C)c1ccc2nccc(-c3ccncc3)c2c1. The molecule has 2 aromatic heterocycles. The predicted molar refractivity (Wildman–Crippen MR) is 125 cm³/mol. The smallest absolute Gasteiger partial charge is 0.183 e. The second-order valence-corrected chi connectivity index (χ2v) is 7.23. The van der Waals surface area contributed by atoms with Crippen molar-refractivity contribution >= 4 is 16.5 Å². The zero-order valence-corrected chi connectivity index (χ0v) is 17.6. The molecule has 154 valence electrons. The Kier molecular flexibility index (Phi) is 7.35. The predicted octanol–water partition coefficient (Wildman–Crippen LogP) is 4.63. The van der Waals surface area contributed by atoms with Gasteiger partial charge in [-0.1, -0.05) is 18.7 Å². The fraction of sp³-hybridized carbons (Fsp3) is 0.200. The van der Waals surface area contributed by atoms with Crippen LogP contribution in [0.1, 0.15) is 12.0 Å². The molecule has 2 N–H and O–H groups in total. The van der Waals surface area contributed by atoms with E-state index >= 15 is 0 Å². The fourth-order valence-electron chi connectivity index (χ4n) is 3.18. The third-order valence-corrected chi connectivity index (χ3v) is 4.73. The third kappa shape index (κ3) is 5.55. The molecule has 0 aliphatic rings. The van der Waals surface area contributed by atoms with Gasteiger partial charge in [0.15, 0.2) is 5.88 Å². The summed E-state index contributed by atoms with van der Waals surface area (Å²) in [6.07, 6.45) is 11.9. The number of fused-ring (bicyclic) bond motifs is 1. The minimum atomic E-state index is 0.396. The van der Waals surface area contributed by atoms with Gasteiger partial charge in [0, 0.05) is 30.5 Å². The molecular formula is C25H28N4O. The molecule has 0 saturated heterocycles. The Bertz CT molecular complexity index is 1060. The van der Waals surface area contributed by atoms with E-state index in [0.29, 0.717) is 12.5 Å². The van der Waals surface area contributed by atoms with E-state index in [1.807, 2.05) is 62.8 Å². The van der Waals surface area contributed by atoms with Crippen LogP contribution < -0.4 is 5.73 Å². The number of benzene rings is 1. The molecule has 0 aliphatic heterocycles. The highest BCUT2D eigenvalue weighted by Crippen LogP contribution is 2.29. The molecule has 3 aromatic rings. The van der Waals surface area contributed by atoms with E-state index in [9.17, 15) is 0 Å². The summed E-state index contributed by atoms with van der Waals surface area (Å²) in [4.78, 5) is 10.7. The highest BCUT2D eigenvalue weighted by Gasteiger charge is 2.07. The van der Waals surface area contributed by atoms with Gasteiger partial charge in [-0.05, 0) is 85.3 Å². The van der Waals surface area contributed by atoms with Crippen LogP contribution in [0.15, 0.2) is 85.7 Å². The number of hydrogen-bond donors (Lipinski definition) is 1. The van der Waals surface area contributed by atoms with E-state index in [1.54, 1.807) is 18.5 Å². The van der Waals surface area contributed by atoms with Gasteiger partial charge in [0.1, 0.15) is 0 Å². The molecule has 0 atom stereocenters. The molecule has 0 radical (unpaired) electrons. The number of ether oxygens (including phenoxy) is 1. The van der Waals surface area contributed by atoms with E-state index in [-0.39, 0.29) is 0 Å². The molecule has 0 aliphatic carbocycles. The third-order valence-electron chi connectivity index (χ3n) is 4.73. The molecule has 3 rings (SSSR count). The lowest BCUT2D eigenvalue weighted by Crippen LogP contribution is -2.15. The van der Waals surface area contributed by atoms with Gasteiger partial charge in [0.25, 0.3) is 0 Å². The van der Waals surface area contributed by atoms with Crippen molar-refractivity contribution in [3.05, 3.63) is 91.2 Å². The van der Waals surface area contributed by atoms with Crippen LogP contribution in [0.25, 0.3) is 27.6 Å². The standard InChI is InChI=1S/C25H28N4O/c1-4-19(7-9-25(26)30-17-5-16-29(2)3)21-6-8-24-23(18-21)22(12-15-28-24)20-10-13-27-14-11-20/h4,6-15,18H,1,5,16-17,26H2,2-3H3/b19-7+,25-9+. The van der Waals surface area contributed by atoms with Crippen LogP contribution in [0.3, 0.4) is 0 Å². The minimum Gasteiger partial charge on any atom is -0.479 e. The maximum absolute atomic E-state index is 5.99. The average molecular weight is 401 g/mol. The molecule has 0 unspecified atom stereocenters. The first-order valence-electron chi connectivity index (χ1n) is 9.95. The van der Waals surface area contributed by atoms with Crippen molar-refractivity contribution in [2.24, 2.45) is 5.73 Å². The van der Waals surface area contributed by atoms with Crippen molar-refractivity contribution in [2.45, 2.75) is 6.42 Å². The van der Waals surface area contributed by atoms with Gasteiger partial charge in [-0.15, -0.1) is 0 Å². The van der Waals surface area contributed by atoms with Gasteiger partial charge >= 0.3 is 0 Å². The lowest BCUT2D eigenvalue weighted by Gasteiger charge is -2.10. The Morgan fingerprint density at radius 3 is 2.63 bits per heavy atom. The molecule has 0 saturated carbocycles. The summed E-state index contributed by atoms with van der Waals surface area (Å²) in [6, 6.07) is 12.2. The van der Waals surface area contributed by atoms with Crippen molar-refractivity contribution in [1.29, 1.82) is 0 Å². The van der Waals surface area contributed by atoms with E-state index < -0.39 is 0 Å². The van der Waals surface area contributed by atoms with Gasteiger partial charge in [0.2, 0.25) is 0 Å². The number of aromatic nitrogens is 2. The van der Waals surface area contributed by atoms with Crippen LogP contribution >= 0.6 is 0 Å². The summed E-state index contributed by atoms with van der Waals surface area (Å²) in [5.41, 5.74) is 11.2. The molecule has 0 fully saturated rings. The maximum atomic E-state index is 5.99. The first-order chi connectivity index (χ1) is 14.6. The Hall–Kier alpha value is -3.44. The zero-order valence-electron chi connectivity index (χ0n) is 17.6. The summed E-state index contributed by atoms with van der Waals surface area (Å²) >= 11 is 0. The highest BCUT2D eigenvalue weighted by atomic mass is 16.5. The second-order valence-electron chi connectivity index (χ2n) is 7.23. The number of rotatable bonds is 9. The number of nitrogens with two attached hydrogens (primary N) is 1. The molecular weight excluding hydrogens is 372 g/mol. The first kappa shape index (κ1) is 21.3. The lowest BCUT2D eigenvalue weighted by atomic mass is 9.97. The summed E-state index contributed by atoms with van der Waals surface area (Å²) in [7, 11) is 4.08. The normalized spacial score (nSPS) is 12.4. The number of allylic oxidation sites excluding steroid dienone is 4. The summed E-state index contributed by atoms with van der Waals surface area (Å²) in [5.74, 6) is 0.396. The van der Waals surface area contributed by atoms with E-state index in [2.05, 4.69) is 27.5 Å². The molecule has 0 spiro atoms. The van der Waals surface area contributed by atoms with Gasteiger partial charge in [-0.2, -0.15) is 0 Å². The molecule has 5 heteroatoms. The monoisotopic (exact) mass is 400 g/mol. The Labute approximate surface area is 178 Å². The van der Waals surface area contributed by atoms with Crippen LogP contribution in [0.5, 0.6) is 0 Å². The van der Waals surface area contributed by atoms with Crippen molar-refractivity contribution in [3.63, 3.8) is 0 Å². The van der Waals surface area contributed by atoms with Gasteiger partial charge < -0.3 is 15.4 Å². The number of hydrogen-bond acceptors (Lipinski definition) is 5. The Morgan fingerprint density at radius 1 is 1.10 bits per heavy atom. The van der Waals surface area contributed by atoms with E-state index in [1.165, 1.54) is 0 Å². The first-order valence-corrected chi connectivity index (χ1v) is 9.95. The van der Waals surface area contributed by atoms with Gasteiger partial charge in [-0.3, -0.25) is 9.97 Å². The average Bonchev–Trinajstić information content (AvgIpc) is 2.77. The van der Waals surface area contributed by atoms with Crippen LogP contribution in [-0.4, -0.2) is 42.1 Å². The zero-order chi connectivity index (χ0) is 21.3. The largest absolute Gasteiger partial charge is 0.479 e. The van der Waals surface area contributed by atoms with Crippen molar-refractivity contribution < 1.29 is 4.74 Å². The minimum absolute atomic E-state index is 0.396. The van der Waals surface area contributed by atoms with Crippen LogP contribution in [-0.2, 0) is 4.74 Å². The Balaban J connectivity index is 1.86. The van der Waals surface area contributed by atoms with Crippen LogP contribution in [0.4, 0.5) is 0 Å². The number of pyridine rings is 2. The molecule has 0 bridgehead atoms. The topological polar surface area (TPSA) is 64.3 Å². The van der Waals surface area contributed by atoms with Crippen molar-refractivity contribution in [3.8, 4) is 11.1 Å². The maximum Gasteiger partial charge on any atom is 0.183 e. The van der Waals surface area contributed by atoms with Gasteiger partial charge in [-0.25, -0.2) is 0 Å². The fourth-order valence-corrected chi connectivity index (χ4v) is 3.18. The summed E-state index contributed by atoms with van der Waals surface area (Å²) in [6.45, 7) is 5.52. The molecule has 0 amide bonds. The van der Waals surface area contributed by atoms with Crippen molar-refractivity contribution in [1.82, 2.24) is 14.9 Å². The molecule has 2 heterocycles. The summed E-state index contributed by atoms with van der Waals surface area (Å²) in [5, 5.41) is 1.07. The van der Waals surface area contributed by atoms with Gasteiger partial charge in [0.05, 0.1) is 12.1 Å². The van der Waals surface area contributed by atoms with E-state index in [4.69, 9.17) is 10.5 Å². The second kappa shape index (κ2) is 10.4. The van der Waals surface area contributed by atoms with Crippen molar-refractivity contribution in [2.75, 3.05) is 27.2 Å². The van der Waals surface area contributed by atoms with Crippen LogP contribution in [0.2, 0.25) is 0 Å². The lowest BCUT2D eigenvalue weighted by molar-refractivity contribution is 0.194. The number of nitrogens with zero attached hydrogens (tertiary/aromatic N) is 3. The highest BCUT2D eigenvalue weighted by molar-refractivity contribution is 5.96. The molecule has 5 nitrogen and oxygen atoms in total. The molecule has 1 aromatic carbocycles. The summed E-state index contributed by atoms with van der Waals surface area (Å²) < 4.78 is 5.59. The quantitative estimate of drug-likeness (QED) is 0.322.